The first-order chi connectivity index (χ1) is 8.12. The molecule has 2 heteroatoms. The van der Waals surface area contributed by atoms with Crippen LogP contribution >= 0.6 is 0 Å². The number of hydrogen-bond donors (Lipinski definition) is 2. The van der Waals surface area contributed by atoms with E-state index < -0.39 is 5.60 Å². The van der Waals surface area contributed by atoms with Crippen LogP contribution in [0.15, 0.2) is 24.3 Å². The van der Waals surface area contributed by atoms with E-state index in [0.29, 0.717) is 5.92 Å². The predicted octanol–water partition coefficient (Wildman–Crippen LogP) is 3.30. The summed E-state index contributed by atoms with van der Waals surface area (Å²) >= 11 is 0. The fourth-order valence-corrected chi connectivity index (χ4v) is 2.80. The van der Waals surface area contributed by atoms with Gasteiger partial charge < -0.3 is 10.2 Å². The lowest BCUT2D eigenvalue weighted by molar-refractivity contribution is 0.0861. The Labute approximate surface area is 111 Å². The summed E-state index contributed by atoms with van der Waals surface area (Å²) in [5.74, 6) is 0.380. The highest BCUT2D eigenvalue weighted by Gasteiger charge is 2.49. The molecule has 0 spiro atoms. The van der Waals surface area contributed by atoms with Crippen LogP contribution in [0.1, 0.15) is 47.5 Å². The van der Waals surface area contributed by atoms with Crippen molar-refractivity contribution in [2.24, 2.45) is 16.7 Å². The monoisotopic (exact) mass is 252 g/mol. The molecular weight excluding hydrogens is 224 g/mol. The van der Waals surface area contributed by atoms with E-state index >= 15 is 0 Å². The van der Waals surface area contributed by atoms with E-state index in [0.717, 1.165) is 12.8 Å². The summed E-state index contributed by atoms with van der Waals surface area (Å²) in [5, 5.41) is 19.0. The van der Waals surface area contributed by atoms with Gasteiger partial charge in [0.15, 0.2) is 0 Å². The molecule has 0 aromatic heterocycles. The lowest BCUT2D eigenvalue weighted by atomic mass is 9.66. The molecule has 1 rings (SSSR count). The molecule has 1 aliphatic carbocycles. The van der Waals surface area contributed by atoms with Crippen LogP contribution in [-0.2, 0) is 0 Å². The summed E-state index contributed by atoms with van der Waals surface area (Å²) in [7, 11) is 0. The van der Waals surface area contributed by atoms with Crippen molar-refractivity contribution in [3.8, 4) is 0 Å². The van der Waals surface area contributed by atoms with E-state index in [1.165, 1.54) is 0 Å². The largest absolute Gasteiger partial charge is 0.396 e. The minimum atomic E-state index is -0.760. The van der Waals surface area contributed by atoms with Gasteiger partial charge in [-0.15, -0.1) is 0 Å². The van der Waals surface area contributed by atoms with Crippen LogP contribution in [0.5, 0.6) is 0 Å². The molecule has 18 heavy (non-hydrogen) atoms. The Bertz CT molecular complexity index is 333. The van der Waals surface area contributed by atoms with E-state index in [1.54, 1.807) is 19.9 Å². The topological polar surface area (TPSA) is 40.5 Å². The first kappa shape index (κ1) is 15.5. The molecular formula is C16H28O2. The number of hydrogen-bond acceptors (Lipinski definition) is 2. The number of aliphatic hydroxyl groups excluding tert-OH is 1. The Hall–Kier alpha value is -0.600. The van der Waals surface area contributed by atoms with Crippen LogP contribution in [-0.4, -0.2) is 22.4 Å². The smallest absolute Gasteiger partial charge is 0.0774 e. The van der Waals surface area contributed by atoms with E-state index in [2.05, 4.69) is 26.8 Å². The van der Waals surface area contributed by atoms with Gasteiger partial charge >= 0.3 is 0 Å². The molecule has 0 unspecified atom stereocenters. The van der Waals surface area contributed by atoms with Crippen molar-refractivity contribution in [3.05, 3.63) is 24.3 Å². The molecule has 0 bridgehead atoms. The summed E-state index contributed by atoms with van der Waals surface area (Å²) in [6, 6.07) is 0. The fraction of sp³-hybridized carbons (Fsp3) is 0.750. The van der Waals surface area contributed by atoms with Gasteiger partial charge in [-0.1, -0.05) is 45.1 Å². The summed E-state index contributed by atoms with van der Waals surface area (Å²) in [6.07, 6.45) is 10.1. The molecule has 0 aromatic carbocycles. The Morgan fingerprint density at radius 1 is 1.22 bits per heavy atom. The number of allylic oxidation sites excluding steroid dienone is 3. The van der Waals surface area contributed by atoms with E-state index in [4.69, 9.17) is 0 Å². The normalized spacial score (nSPS) is 32.7. The third kappa shape index (κ3) is 3.24. The van der Waals surface area contributed by atoms with Crippen molar-refractivity contribution in [3.63, 3.8) is 0 Å². The van der Waals surface area contributed by atoms with Crippen LogP contribution in [0.25, 0.3) is 0 Å². The van der Waals surface area contributed by atoms with Gasteiger partial charge in [0.05, 0.1) is 5.60 Å². The van der Waals surface area contributed by atoms with Gasteiger partial charge in [0.25, 0.3) is 0 Å². The van der Waals surface area contributed by atoms with Gasteiger partial charge in [0.1, 0.15) is 0 Å². The van der Waals surface area contributed by atoms with Crippen molar-refractivity contribution in [1.82, 2.24) is 0 Å². The highest BCUT2D eigenvalue weighted by molar-refractivity contribution is 5.16. The number of aliphatic hydroxyl groups is 2. The Morgan fingerprint density at radius 2 is 1.83 bits per heavy atom. The molecule has 1 fully saturated rings. The highest BCUT2D eigenvalue weighted by Crippen LogP contribution is 2.56. The van der Waals surface area contributed by atoms with E-state index in [1.807, 2.05) is 12.2 Å². The van der Waals surface area contributed by atoms with Crippen molar-refractivity contribution in [2.45, 2.75) is 53.1 Å². The van der Waals surface area contributed by atoms with Gasteiger partial charge in [0.2, 0.25) is 0 Å². The zero-order valence-corrected chi connectivity index (χ0v) is 12.4. The molecule has 0 saturated heterocycles. The first-order valence-electron chi connectivity index (χ1n) is 6.83. The molecule has 0 radical (unpaired) electrons. The van der Waals surface area contributed by atoms with Gasteiger partial charge in [-0.3, -0.25) is 0 Å². The lowest BCUT2D eigenvalue weighted by Crippen LogP contribution is -2.34. The molecule has 2 nitrogen and oxygen atoms in total. The molecule has 0 aromatic rings. The molecule has 0 amide bonds. The maximum absolute atomic E-state index is 9.60. The second-order valence-electron chi connectivity index (χ2n) is 6.93. The average molecular weight is 252 g/mol. The van der Waals surface area contributed by atoms with Crippen molar-refractivity contribution in [1.29, 1.82) is 0 Å². The minimum absolute atomic E-state index is 0.112. The Kier molecular flexibility index (Phi) is 4.45. The quantitative estimate of drug-likeness (QED) is 0.754. The Morgan fingerprint density at radius 3 is 2.28 bits per heavy atom. The molecule has 1 aliphatic rings. The van der Waals surface area contributed by atoms with Crippen LogP contribution in [0.3, 0.4) is 0 Å². The maximum atomic E-state index is 9.60. The summed E-state index contributed by atoms with van der Waals surface area (Å²) < 4.78 is 0. The van der Waals surface area contributed by atoms with Crippen LogP contribution in [0.2, 0.25) is 0 Å². The average Bonchev–Trinajstić information content (AvgIpc) is 2.45. The second-order valence-corrected chi connectivity index (χ2v) is 6.93. The summed E-state index contributed by atoms with van der Waals surface area (Å²) in [4.78, 5) is 0. The molecule has 2 atom stereocenters. The zero-order chi connectivity index (χ0) is 14.0. The van der Waals surface area contributed by atoms with Crippen molar-refractivity contribution < 1.29 is 10.2 Å². The third-order valence-electron chi connectivity index (χ3n) is 4.80. The van der Waals surface area contributed by atoms with Crippen LogP contribution in [0.4, 0.5) is 0 Å². The fourth-order valence-electron chi connectivity index (χ4n) is 2.80. The third-order valence-corrected chi connectivity index (χ3v) is 4.80. The van der Waals surface area contributed by atoms with Crippen molar-refractivity contribution >= 4 is 0 Å². The van der Waals surface area contributed by atoms with Gasteiger partial charge in [-0.25, -0.2) is 0 Å². The van der Waals surface area contributed by atoms with Crippen molar-refractivity contribution in [2.75, 3.05) is 6.61 Å². The van der Waals surface area contributed by atoms with Gasteiger partial charge in [0, 0.05) is 6.61 Å². The van der Waals surface area contributed by atoms with Gasteiger partial charge in [-0.05, 0) is 43.4 Å². The SMILES string of the molecule is CC(C)(O)C=CC=C[C@@]1(C)CC[C@@H](CO)C1(C)C. The van der Waals surface area contributed by atoms with Crippen LogP contribution < -0.4 is 0 Å². The predicted molar refractivity (Wildman–Crippen MR) is 76.3 cm³/mol. The summed E-state index contributed by atoms with van der Waals surface area (Å²) in [6.45, 7) is 10.5. The standard InChI is InChI=1S/C16H28O2/c1-14(2,18)9-6-7-10-16(5)11-8-13(12-17)15(16,3)4/h6-7,9-10,13,17-18H,8,11-12H2,1-5H3/t13-,16-/m0/s1. The second kappa shape index (κ2) is 5.18. The van der Waals surface area contributed by atoms with Crippen LogP contribution in [0, 0.1) is 16.7 Å². The lowest BCUT2D eigenvalue weighted by Gasteiger charge is -2.39. The molecule has 2 N–H and O–H groups in total. The molecule has 0 aliphatic heterocycles. The van der Waals surface area contributed by atoms with E-state index in [-0.39, 0.29) is 17.4 Å². The zero-order valence-electron chi connectivity index (χ0n) is 12.4. The highest BCUT2D eigenvalue weighted by atomic mass is 16.3. The first-order valence-corrected chi connectivity index (χ1v) is 6.83. The molecule has 104 valence electrons. The minimum Gasteiger partial charge on any atom is -0.396 e. The summed E-state index contributed by atoms with van der Waals surface area (Å²) in [5.41, 5.74) is -0.533. The molecule has 1 saturated carbocycles. The van der Waals surface area contributed by atoms with E-state index in [9.17, 15) is 10.2 Å². The molecule has 0 heterocycles. The maximum Gasteiger partial charge on any atom is 0.0774 e. The van der Waals surface area contributed by atoms with Gasteiger partial charge in [-0.2, -0.15) is 0 Å². The Balaban J connectivity index is 2.78. The number of rotatable bonds is 4.